The van der Waals surface area contributed by atoms with Gasteiger partial charge >= 0.3 is 0 Å². The Labute approximate surface area is 127 Å². The van der Waals surface area contributed by atoms with Gasteiger partial charge in [-0.3, -0.25) is 4.79 Å². The van der Waals surface area contributed by atoms with Crippen LogP contribution in [-0.4, -0.2) is 19.1 Å². The van der Waals surface area contributed by atoms with Crippen LogP contribution < -0.4 is 14.8 Å². The fraction of sp³-hybridized carbons (Fsp3) is 0.188. The number of benzene rings is 2. The average Bonchev–Trinajstić information content (AvgIpc) is 2.91. The quantitative estimate of drug-likeness (QED) is 0.946. The van der Waals surface area contributed by atoms with Crippen molar-refractivity contribution in [1.29, 1.82) is 0 Å². The molecular weight excluding hydrogens is 290 g/mol. The Morgan fingerprint density at radius 2 is 2.14 bits per heavy atom. The number of carbonyl (C=O) groups excluding carboxylic acids is 1. The van der Waals surface area contributed by atoms with Gasteiger partial charge in [-0.2, -0.15) is 0 Å². The fourth-order valence-corrected chi connectivity index (χ4v) is 2.55. The minimum atomic E-state index is -0.511. The van der Waals surface area contributed by atoms with Crippen LogP contribution in [0, 0.1) is 0 Å². The SMILES string of the molecule is COc1ccc(NC(=O)[C@H]2Cc3ccccc3O2)cc1Cl. The highest BCUT2D eigenvalue weighted by molar-refractivity contribution is 6.32. The monoisotopic (exact) mass is 303 g/mol. The van der Waals surface area contributed by atoms with Crippen molar-refractivity contribution in [2.24, 2.45) is 0 Å². The van der Waals surface area contributed by atoms with E-state index in [1.807, 2.05) is 24.3 Å². The lowest BCUT2D eigenvalue weighted by atomic mass is 10.1. The van der Waals surface area contributed by atoms with Crippen LogP contribution in [0.5, 0.6) is 11.5 Å². The Morgan fingerprint density at radius 1 is 1.33 bits per heavy atom. The summed E-state index contributed by atoms with van der Waals surface area (Å²) in [6, 6.07) is 12.8. The predicted molar refractivity (Wildman–Crippen MR) is 81.2 cm³/mol. The molecule has 2 aromatic rings. The first-order chi connectivity index (χ1) is 10.2. The van der Waals surface area contributed by atoms with E-state index in [2.05, 4.69) is 5.32 Å². The molecule has 3 rings (SSSR count). The van der Waals surface area contributed by atoms with Crippen LogP contribution in [0.2, 0.25) is 5.02 Å². The Hall–Kier alpha value is -2.20. The van der Waals surface area contributed by atoms with E-state index in [-0.39, 0.29) is 5.91 Å². The molecule has 1 amide bonds. The van der Waals surface area contributed by atoms with Crippen LogP contribution in [-0.2, 0) is 11.2 Å². The third-order valence-corrected chi connectivity index (χ3v) is 3.65. The number of fused-ring (bicyclic) bond motifs is 1. The summed E-state index contributed by atoms with van der Waals surface area (Å²) in [7, 11) is 1.54. The van der Waals surface area contributed by atoms with Gasteiger partial charge in [0.05, 0.1) is 12.1 Å². The molecule has 0 spiro atoms. The summed E-state index contributed by atoms with van der Waals surface area (Å²) in [6.45, 7) is 0. The molecular formula is C16H14ClNO3. The van der Waals surface area contributed by atoms with Crippen molar-refractivity contribution in [3.63, 3.8) is 0 Å². The van der Waals surface area contributed by atoms with Crippen molar-refractivity contribution in [3.05, 3.63) is 53.1 Å². The highest BCUT2D eigenvalue weighted by Gasteiger charge is 2.28. The number of nitrogens with one attached hydrogen (secondary N) is 1. The van der Waals surface area contributed by atoms with Gasteiger partial charge in [0.15, 0.2) is 6.10 Å². The Bertz CT molecular complexity index is 662. The molecule has 0 bridgehead atoms. The van der Waals surface area contributed by atoms with Crippen LogP contribution in [0.3, 0.4) is 0 Å². The van der Waals surface area contributed by atoms with E-state index >= 15 is 0 Å². The van der Waals surface area contributed by atoms with Gasteiger partial charge in [-0.25, -0.2) is 0 Å². The summed E-state index contributed by atoms with van der Waals surface area (Å²) in [5.74, 6) is 1.15. The topological polar surface area (TPSA) is 47.6 Å². The summed E-state index contributed by atoms with van der Waals surface area (Å²) >= 11 is 6.04. The molecule has 21 heavy (non-hydrogen) atoms. The van der Waals surface area contributed by atoms with Crippen molar-refractivity contribution in [1.82, 2.24) is 0 Å². The van der Waals surface area contributed by atoms with E-state index in [0.717, 1.165) is 11.3 Å². The summed E-state index contributed by atoms with van der Waals surface area (Å²) in [4.78, 5) is 12.2. The number of para-hydroxylation sites is 1. The standard InChI is InChI=1S/C16H14ClNO3/c1-20-14-7-6-11(9-12(14)17)18-16(19)15-8-10-4-2-3-5-13(10)21-15/h2-7,9,15H,8H2,1H3,(H,18,19)/t15-/m1/s1. The third-order valence-electron chi connectivity index (χ3n) is 3.36. The lowest BCUT2D eigenvalue weighted by molar-refractivity contribution is -0.122. The van der Waals surface area contributed by atoms with E-state index in [9.17, 15) is 4.79 Å². The minimum Gasteiger partial charge on any atom is -0.495 e. The minimum absolute atomic E-state index is 0.188. The first kappa shape index (κ1) is 13.8. The number of methoxy groups -OCH3 is 1. The predicted octanol–water partition coefficient (Wildman–Crippen LogP) is 3.29. The van der Waals surface area contributed by atoms with Crippen molar-refractivity contribution < 1.29 is 14.3 Å². The second kappa shape index (κ2) is 5.66. The van der Waals surface area contributed by atoms with Gasteiger partial charge in [-0.05, 0) is 29.8 Å². The maximum Gasteiger partial charge on any atom is 0.265 e. The van der Waals surface area contributed by atoms with Crippen molar-refractivity contribution >= 4 is 23.2 Å². The Balaban J connectivity index is 1.69. The number of rotatable bonds is 3. The van der Waals surface area contributed by atoms with Crippen LogP contribution >= 0.6 is 11.6 Å². The second-order valence-electron chi connectivity index (χ2n) is 4.76. The van der Waals surface area contributed by atoms with Crippen LogP contribution in [0.15, 0.2) is 42.5 Å². The lowest BCUT2D eigenvalue weighted by Crippen LogP contribution is -2.31. The van der Waals surface area contributed by atoms with E-state index < -0.39 is 6.10 Å². The number of hydrogen-bond acceptors (Lipinski definition) is 3. The number of anilines is 1. The Kier molecular flexibility index (Phi) is 3.71. The Morgan fingerprint density at radius 3 is 2.86 bits per heavy atom. The van der Waals surface area contributed by atoms with Crippen LogP contribution in [0.4, 0.5) is 5.69 Å². The molecule has 1 heterocycles. The van der Waals surface area contributed by atoms with E-state index in [1.54, 1.807) is 25.3 Å². The molecule has 0 aliphatic carbocycles. The van der Waals surface area contributed by atoms with E-state index in [4.69, 9.17) is 21.1 Å². The zero-order chi connectivity index (χ0) is 14.8. The summed E-state index contributed by atoms with van der Waals surface area (Å²) in [5.41, 5.74) is 1.66. The first-order valence-electron chi connectivity index (χ1n) is 6.56. The van der Waals surface area contributed by atoms with Crippen LogP contribution in [0.25, 0.3) is 0 Å². The van der Waals surface area contributed by atoms with Crippen molar-refractivity contribution in [2.45, 2.75) is 12.5 Å². The fourth-order valence-electron chi connectivity index (χ4n) is 2.30. The number of halogens is 1. The molecule has 0 unspecified atom stereocenters. The average molecular weight is 304 g/mol. The second-order valence-corrected chi connectivity index (χ2v) is 5.16. The number of ether oxygens (including phenoxy) is 2. The molecule has 0 aromatic heterocycles. The maximum absolute atomic E-state index is 12.2. The largest absolute Gasteiger partial charge is 0.495 e. The third kappa shape index (κ3) is 2.81. The first-order valence-corrected chi connectivity index (χ1v) is 6.94. The van der Waals surface area contributed by atoms with Gasteiger partial charge in [-0.15, -0.1) is 0 Å². The zero-order valence-electron chi connectivity index (χ0n) is 11.4. The molecule has 1 atom stereocenters. The molecule has 2 aromatic carbocycles. The van der Waals surface area contributed by atoms with Gasteiger partial charge < -0.3 is 14.8 Å². The zero-order valence-corrected chi connectivity index (χ0v) is 12.2. The van der Waals surface area contributed by atoms with Gasteiger partial charge in [0.25, 0.3) is 5.91 Å². The molecule has 0 radical (unpaired) electrons. The molecule has 1 aliphatic heterocycles. The van der Waals surface area contributed by atoms with Crippen molar-refractivity contribution in [2.75, 3.05) is 12.4 Å². The maximum atomic E-state index is 12.2. The molecule has 108 valence electrons. The number of hydrogen-bond donors (Lipinski definition) is 1. The van der Waals surface area contributed by atoms with Gasteiger partial charge in [0.2, 0.25) is 0 Å². The molecule has 0 fully saturated rings. The molecule has 1 aliphatic rings. The molecule has 0 saturated carbocycles. The molecule has 0 saturated heterocycles. The highest BCUT2D eigenvalue weighted by Crippen LogP contribution is 2.30. The van der Waals surface area contributed by atoms with E-state index in [0.29, 0.717) is 22.9 Å². The van der Waals surface area contributed by atoms with E-state index in [1.165, 1.54) is 0 Å². The summed E-state index contributed by atoms with van der Waals surface area (Å²) in [5, 5.41) is 3.26. The number of carbonyl (C=O) groups is 1. The summed E-state index contributed by atoms with van der Waals surface area (Å²) < 4.78 is 10.7. The van der Waals surface area contributed by atoms with Gasteiger partial charge in [0, 0.05) is 12.1 Å². The molecule has 5 heteroatoms. The lowest BCUT2D eigenvalue weighted by Gasteiger charge is -2.12. The molecule has 4 nitrogen and oxygen atoms in total. The smallest absolute Gasteiger partial charge is 0.265 e. The highest BCUT2D eigenvalue weighted by atomic mass is 35.5. The normalized spacial score (nSPS) is 16.0. The van der Waals surface area contributed by atoms with Crippen LogP contribution in [0.1, 0.15) is 5.56 Å². The summed E-state index contributed by atoms with van der Waals surface area (Å²) in [6.07, 6.45) is 0.0644. The van der Waals surface area contributed by atoms with Gasteiger partial charge in [0.1, 0.15) is 11.5 Å². The van der Waals surface area contributed by atoms with Crippen molar-refractivity contribution in [3.8, 4) is 11.5 Å². The molecule has 1 N–H and O–H groups in total. The van der Waals surface area contributed by atoms with Gasteiger partial charge in [-0.1, -0.05) is 29.8 Å². The number of amides is 1.